The van der Waals surface area contributed by atoms with Crippen LogP contribution in [0, 0.1) is 11.8 Å². The number of phenolic OH excluding ortho intramolecular Hbond substituents is 1. The molecule has 1 aromatic carbocycles. The van der Waals surface area contributed by atoms with Crippen LogP contribution in [-0.2, 0) is 16.1 Å². The van der Waals surface area contributed by atoms with E-state index in [-0.39, 0.29) is 11.7 Å². The van der Waals surface area contributed by atoms with Gasteiger partial charge >= 0.3 is 5.97 Å². The number of benzene rings is 1. The van der Waals surface area contributed by atoms with E-state index in [1.54, 1.807) is 36.2 Å². The normalized spacial score (nSPS) is 21.6. The highest BCUT2D eigenvalue weighted by Gasteiger charge is 2.38. The van der Waals surface area contributed by atoms with Crippen LogP contribution in [-0.4, -0.2) is 34.0 Å². The molecule has 2 atom stereocenters. The topological polar surface area (TPSA) is 77.8 Å². The third kappa shape index (κ3) is 3.10. The first kappa shape index (κ1) is 14.4. The van der Waals surface area contributed by atoms with Crippen LogP contribution in [0.25, 0.3) is 0 Å². The zero-order valence-electron chi connectivity index (χ0n) is 11.5. The molecule has 5 heteroatoms. The molecule has 108 valence electrons. The van der Waals surface area contributed by atoms with E-state index in [0.29, 0.717) is 19.4 Å². The van der Waals surface area contributed by atoms with E-state index in [0.717, 1.165) is 12.0 Å². The van der Waals surface area contributed by atoms with Crippen molar-refractivity contribution in [3.8, 4) is 5.75 Å². The Morgan fingerprint density at radius 3 is 2.40 bits per heavy atom. The molecule has 2 rings (SSSR count). The van der Waals surface area contributed by atoms with Crippen molar-refractivity contribution in [2.24, 2.45) is 11.8 Å². The highest BCUT2D eigenvalue weighted by Crippen LogP contribution is 2.33. The Bertz CT molecular complexity index is 497. The predicted molar refractivity (Wildman–Crippen MR) is 73.0 cm³/mol. The molecule has 1 aromatic rings. The van der Waals surface area contributed by atoms with Crippen LogP contribution in [0.3, 0.4) is 0 Å². The number of carboxylic acid groups (broad SMARTS) is 1. The SMILES string of the molecule is CN(Cc1ccc(O)cc1)C(=O)[C@@H]1CCC[C@@H]1C(=O)O. The number of nitrogens with zero attached hydrogens (tertiary/aromatic N) is 1. The molecule has 0 saturated heterocycles. The van der Waals surface area contributed by atoms with Crippen molar-refractivity contribution in [1.29, 1.82) is 0 Å². The maximum atomic E-state index is 12.3. The number of amides is 1. The summed E-state index contributed by atoms with van der Waals surface area (Å²) in [4.78, 5) is 25.0. The number of aromatic hydroxyl groups is 1. The second-order valence-electron chi connectivity index (χ2n) is 5.34. The number of rotatable bonds is 4. The number of carbonyl (C=O) groups excluding carboxylic acids is 1. The summed E-state index contributed by atoms with van der Waals surface area (Å²) in [6.45, 7) is 0.419. The van der Waals surface area contributed by atoms with Crippen LogP contribution in [0.5, 0.6) is 5.75 Å². The summed E-state index contributed by atoms with van der Waals surface area (Å²) in [5, 5.41) is 18.4. The number of aliphatic carboxylic acids is 1. The van der Waals surface area contributed by atoms with Gasteiger partial charge in [-0.1, -0.05) is 18.6 Å². The van der Waals surface area contributed by atoms with Crippen molar-refractivity contribution in [3.05, 3.63) is 29.8 Å². The number of phenols is 1. The minimum atomic E-state index is -0.876. The Balaban J connectivity index is 2.01. The molecule has 1 aliphatic rings. The summed E-state index contributed by atoms with van der Waals surface area (Å²) >= 11 is 0. The molecule has 0 heterocycles. The summed E-state index contributed by atoms with van der Waals surface area (Å²) < 4.78 is 0. The number of carbonyl (C=O) groups is 2. The van der Waals surface area contributed by atoms with Crippen LogP contribution >= 0.6 is 0 Å². The van der Waals surface area contributed by atoms with Gasteiger partial charge in [-0.25, -0.2) is 0 Å². The molecular formula is C15H19NO4. The average Bonchev–Trinajstić information content (AvgIpc) is 2.90. The zero-order valence-corrected chi connectivity index (χ0v) is 11.5. The van der Waals surface area contributed by atoms with Gasteiger partial charge in [0.15, 0.2) is 0 Å². The van der Waals surface area contributed by atoms with Gasteiger partial charge in [-0.15, -0.1) is 0 Å². The van der Waals surface area contributed by atoms with Gasteiger partial charge in [0.05, 0.1) is 11.8 Å². The summed E-state index contributed by atoms with van der Waals surface area (Å²) in [5.41, 5.74) is 0.906. The monoisotopic (exact) mass is 277 g/mol. The molecular weight excluding hydrogens is 258 g/mol. The molecule has 0 aliphatic heterocycles. The summed E-state index contributed by atoms with van der Waals surface area (Å²) in [7, 11) is 1.69. The van der Waals surface area contributed by atoms with Gasteiger partial charge in [-0.3, -0.25) is 9.59 Å². The third-order valence-electron chi connectivity index (χ3n) is 3.88. The lowest BCUT2D eigenvalue weighted by molar-refractivity contribution is -0.148. The van der Waals surface area contributed by atoms with Crippen LogP contribution in [0.2, 0.25) is 0 Å². The van der Waals surface area contributed by atoms with Crippen molar-refractivity contribution in [3.63, 3.8) is 0 Å². The molecule has 1 amide bonds. The van der Waals surface area contributed by atoms with E-state index < -0.39 is 17.8 Å². The minimum Gasteiger partial charge on any atom is -0.508 e. The van der Waals surface area contributed by atoms with E-state index in [1.807, 2.05) is 0 Å². The summed E-state index contributed by atoms with van der Waals surface area (Å²) in [5.74, 6) is -1.76. The highest BCUT2D eigenvalue weighted by atomic mass is 16.4. The van der Waals surface area contributed by atoms with Gasteiger partial charge in [-0.2, -0.15) is 0 Å². The van der Waals surface area contributed by atoms with Gasteiger partial charge < -0.3 is 15.1 Å². The van der Waals surface area contributed by atoms with Gasteiger partial charge in [0.2, 0.25) is 5.91 Å². The molecule has 20 heavy (non-hydrogen) atoms. The summed E-state index contributed by atoms with van der Waals surface area (Å²) in [6.07, 6.45) is 2.02. The van der Waals surface area contributed by atoms with Gasteiger partial charge in [0.25, 0.3) is 0 Å². The smallest absolute Gasteiger partial charge is 0.307 e. The van der Waals surface area contributed by atoms with Crippen molar-refractivity contribution < 1.29 is 19.8 Å². The van der Waals surface area contributed by atoms with E-state index in [9.17, 15) is 14.7 Å². The van der Waals surface area contributed by atoms with E-state index in [1.165, 1.54) is 0 Å². The molecule has 0 spiro atoms. The fourth-order valence-electron chi connectivity index (χ4n) is 2.79. The fourth-order valence-corrected chi connectivity index (χ4v) is 2.79. The average molecular weight is 277 g/mol. The molecule has 1 saturated carbocycles. The van der Waals surface area contributed by atoms with Crippen molar-refractivity contribution in [2.45, 2.75) is 25.8 Å². The largest absolute Gasteiger partial charge is 0.508 e. The first-order chi connectivity index (χ1) is 9.49. The molecule has 1 aliphatic carbocycles. The second kappa shape index (κ2) is 5.94. The lowest BCUT2D eigenvalue weighted by Crippen LogP contribution is -2.36. The standard InChI is InChI=1S/C15H19NO4/c1-16(9-10-5-7-11(17)8-6-10)14(18)12-3-2-4-13(12)15(19)20/h5-8,12-13,17H,2-4,9H2,1H3,(H,19,20)/t12-,13+/m1/s1. The van der Waals surface area contributed by atoms with Gasteiger partial charge in [-0.05, 0) is 30.5 Å². The molecule has 0 radical (unpaired) electrons. The van der Waals surface area contributed by atoms with Crippen molar-refractivity contribution in [2.75, 3.05) is 7.05 Å². The number of carboxylic acids is 1. The molecule has 1 fully saturated rings. The third-order valence-corrected chi connectivity index (χ3v) is 3.88. The van der Waals surface area contributed by atoms with Crippen molar-refractivity contribution >= 4 is 11.9 Å². The van der Waals surface area contributed by atoms with E-state index in [2.05, 4.69) is 0 Å². The van der Waals surface area contributed by atoms with Crippen LogP contribution < -0.4 is 0 Å². The number of hydrogen-bond acceptors (Lipinski definition) is 3. The van der Waals surface area contributed by atoms with Crippen LogP contribution in [0.1, 0.15) is 24.8 Å². The zero-order chi connectivity index (χ0) is 14.7. The first-order valence-corrected chi connectivity index (χ1v) is 6.74. The van der Waals surface area contributed by atoms with E-state index in [4.69, 9.17) is 5.11 Å². The van der Waals surface area contributed by atoms with Crippen LogP contribution in [0.15, 0.2) is 24.3 Å². The van der Waals surface area contributed by atoms with E-state index >= 15 is 0 Å². The van der Waals surface area contributed by atoms with Crippen molar-refractivity contribution in [1.82, 2.24) is 4.90 Å². The quantitative estimate of drug-likeness (QED) is 0.880. The molecule has 0 unspecified atom stereocenters. The highest BCUT2D eigenvalue weighted by molar-refractivity contribution is 5.85. The first-order valence-electron chi connectivity index (χ1n) is 6.74. The second-order valence-corrected chi connectivity index (χ2v) is 5.34. The maximum absolute atomic E-state index is 12.3. The lowest BCUT2D eigenvalue weighted by atomic mass is 9.95. The Hall–Kier alpha value is -2.04. The molecule has 5 nitrogen and oxygen atoms in total. The van der Waals surface area contributed by atoms with Gasteiger partial charge in [0, 0.05) is 13.6 Å². The minimum absolute atomic E-state index is 0.108. The molecule has 0 aromatic heterocycles. The Labute approximate surface area is 117 Å². The maximum Gasteiger partial charge on any atom is 0.307 e. The molecule has 0 bridgehead atoms. The Kier molecular flexibility index (Phi) is 4.27. The lowest BCUT2D eigenvalue weighted by Gasteiger charge is -2.23. The Morgan fingerprint density at radius 2 is 1.80 bits per heavy atom. The van der Waals surface area contributed by atoms with Gasteiger partial charge in [0.1, 0.15) is 5.75 Å². The molecule has 2 N–H and O–H groups in total. The Morgan fingerprint density at radius 1 is 1.20 bits per heavy atom. The summed E-state index contributed by atoms with van der Waals surface area (Å²) in [6, 6.07) is 6.65. The van der Waals surface area contributed by atoms with Crippen LogP contribution in [0.4, 0.5) is 0 Å². The predicted octanol–water partition coefficient (Wildman–Crippen LogP) is 1.85. The fraction of sp³-hybridized carbons (Fsp3) is 0.467. The number of hydrogen-bond donors (Lipinski definition) is 2.